The molecule has 22 heavy (non-hydrogen) atoms. The Kier molecular flexibility index (Phi) is 9.00. The first kappa shape index (κ1) is 21.2. The predicted octanol–water partition coefficient (Wildman–Crippen LogP) is 0.872. The maximum atomic E-state index is 12.7. The minimum Gasteiger partial charge on any atom is -0.352 e. The normalized spacial score (nSPS) is 18.0. The standard InChI is InChI=1S/C14H25N5O.2ClH/c1-12(18(2)3)11-16-13(20)14(5-8-15-9-6-14)19-10-4-7-17-19;;/h4,7,10,12,15H,5-6,8-9,11H2,1-3H3,(H,16,20);2*1H. The van der Waals surface area contributed by atoms with E-state index in [0.717, 1.165) is 25.9 Å². The number of nitrogens with one attached hydrogen (secondary N) is 2. The highest BCUT2D eigenvalue weighted by Gasteiger charge is 2.41. The molecule has 8 heteroatoms. The molecule has 1 atom stereocenters. The molecule has 0 spiro atoms. The van der Waals surface area contributed by atoms with Crippen LogP contribution in [0.2, 0.25) is 0 Å². The molecule has 0 aromatic carbocycles. The number of nitrogens with zero attached hydrogens (tertiary/aromatic N) is 3. The second-order valence-corrected chi connectivity index (χ2v) is 5.75. The maximum Gasteiger partial charge on any atom is 0.248 e. The van der Waals surface area contributed by atoms with Gasteiger partial charge in [0.2, 0.25) is 5.91 Å². The van der Waals surface area contributed by atoms with Gasteiger partial charge in [0.05, 0.1) is 0 Å². The summed E-state index contributed by atoms with van der Waals surface area (Å²) in [6, 6.07) is 2.19. The lowest BCUT2D eigenvalue weighted by atomic mass is 9.87. The lowest BCUT2D eigenvalue weighted by molar-refractivity contribution is -0.132. The summed E-state index contributed by atoms with van der Waals surface area (Å²) >= 11 is 0. The van der Waals surface area contributed by atoms with Crippen LogP contribution in [0.1, 0.15) is 19.8 Å². The molecule has 1 saturated heterocycles. The fourth-order valence-electron chi connectivity index (χ4n) is 2.51. The maximum absolute atomic E-state index is 12.7. The van der Waals surface area contributed by atoms with Crippen molar-refractivity contribution in [3.63, 3.8) is 0 Å². The van der Waals surface area contributed by atoms with E-state index in [4.69, 9.17) is 0 Å². The van der Waals surface area contributed by atoms with Gasteiger partial charge in [-0.05, 0) is 53.0 Å². The molecule has 0 saturated carbocycles. The largest absolute Gasteiger partial charge is 0.352 e. The molecule has 2 heterocycles. The number of rotatable bonds is 5. The first-order valence-corrected chi connectivity index (χ1v) is 7.22. The van der Waals surface area contributed by atoms with Crippen molar-refractivity contribution in [1.82, 2.24) is 25.3 Å². The van der Waals surface area contributed by atoms with Crippen LogP contribution < -0.4 is 10.6 Å². The van der Waals surface area contributed by atoms with Crippen LogP contribution in [-0.2, 0) is 10.3 Å². The van der Waals surface area contributed by atoms with Gasteiger partial charge in [-0.2, -0.15) is 5.10 Å². The summed E-state index contributed by atoms with van der Waals surface area (Å²) in [6.45, 7) is 4.44. The molecule has 0 radical (unpaired) electrons. The monoisotopic (exact) mass is 351 g/mol. The predicted molar refractivity (Wildman–Crippen MR) is 93.0 cm³/mol. The molecule has 1 aromatic rings. The number of amides is 1. The van der Waals surface area contributed by atoms with E-state index < -0.39 is 5.54 Å². The average Bonchev–Trinajstić information content (AvgIpc) is 2.99. The summed E-state index contributed by atoms with van der Waals surface area (Å²) in [5, 5.41) is 10.7. The van der Waals surface area contributed by atoms with Crippen LogP contribution in [-0.4, -0.2) is 60.4 Å². The Balaban J connectivity index is 0.00000220. The Bertz CT molecular complexity index is 432. The highest BCUT2D eigenvalue weighted by atomic mass is 35.5. The molecule has 1 aliphatic heterocycles. The minimum atomic E-state index is -0.541. The molecule has 1 aromatic heterocycles. The van der Waals surface area contributed by atoms with Gasteiger partial charge in [-0.25, -0.2) is 0 Å². The highest BCUT2D eigenvalue weighted by Crippen LogP contribution is 2.27. The Morgan fingerprint density at radius 2 is 2.05 bits per heavy atom. The fraction of sp³-hybridized carbons (Fsp3) is 0.714. The SMILES string of the molecule is CC(CNC(=O)C1(n2cccn2)CCNCC1)N(C)C.Cl.Cl. The van der Waals surface area contributed by atoms with Gasteiger partial charge >= 0.3 is 0 Å². The summed E-state index contributed by atoms with van der Waals surface area (Å²) in [5.41, 5.74) is -0.541. The Hall–Kier alpha value is -0.820. The van der Waals surface area contributed by atoms with Gasteiger partial charge < -0.3 is 15.5 Å². The van der Waals surface area contributed by atoms with Crippen LogP contribution in [0.4, 0.5) is 0 Å². The number of carbonyl (C=O) groups is 1. The van der Waals surface area contributed by atoms with E-state index in [9.17, 15) is 4.79 Å². The van der Waals surface area contributed by atoms with Crippen LogP contribution in [0.15, 0.2) is 18.5 Å². The lowest BCUT2D eigenvalue weighted by Gasteiger charge is -2.37. The topological polar surface area (TPSA) is 62.2 Å². The number of aromatic nitrogens is 2. The lowest BCUT2D eigenvalue weighted by Crippen LogP contribution is -2.56. The van der Waals surface area contributed by atoms with Gasteiger partial charge in [0.25, 0.3) is 0 Å². The molecule has 2 rings (SSSR count). The van der Waals surface area contributed by atoms with Gasteiger partial charge in [0.1, 0.15) is 5.54 Å². The fourth-order valence-corrected chi connectivity index (χ4v) is 2.51. The summed E-state index contributed by atoms with van der Waals surface area (Å²) in [7, 11) is 4.04. The van der Waals surface area contributed by atoms with Gasteiger partial charge in [-0.15, -0.1) is 24.8 Å². The number of halogens is 2. The first-order chi connectivity index (χ1) is 9.56. The Morgan fingerprint density at radius 1 is 1.41 bits per heavy atom. The van der Waals surface area contributed by atoms with E-state index in [-0.39, 0.29) is 30.7 Å². The summed E-state index contributed by atoms with van der Waals surface area (Å²) < 4.78 is 1.82. The molecule has 1 unspecified atom stereocenters. The van der Waals surface area contributed by atoms with Crippen molar-refractivity contribution in [2.24, 2.45) is 0 Å². The van der Waals surface area contributed by atoms with Crippen molar-refractivity contribution in [1.29, 1.82) is 0 Å². The first-order valence-electron chi connectivity index (χ1n) is 7.22. The molecule has 1 fully saturated rings. The summed E-state index contributed by atoms with van der Waals surface area (Å²) in [5.74, 6) is 0.0800. The van der Waals surface area contributed by atoms with E-state index in [2.05, 4.69) is 27.6 Å². The van der Waals surface area contributed by atoms with Crippen LogP contribution in [0.3, 0.4) is 0 Å². The number of carbonyl (C=O) groups excluding carboxylic acids is 1. The van der Waals surface area contributed by atoms with Crippen LogP contribution in [0.5, 0.6) is 0 Å². The molecule has 0 aliphatic carbocycles. The van der Waals surface area contributed by atoms with E-state index in [1.54, 1.807) is 6.20 Å². The van der Waals surface area contributed by atoms with Gasteiger partial charge in [-0.3, -0.25) is 9.48 Å². The highest BCUT2D eigenvalue weighted by molar-refractivity contribution is 5.85. The van der Waals surface area contributed by atoms with Crippen molar-refractivity contribution in [2.75, 3.05) is 33.7 Å². The molecule has 6 nitrogen and oxygen atoms in total. The molecule has 0 bridgehead atoms. The van der Waals surface area contributed by atoms with Crippen LogP contribution in [0.25, 0.3) is 0 Å². The number of likely N-dealkylation sites (N-methyl/N-ethyl adjacent to an activating group) is 1. The van der Waals surface area contributed by atoms with Gasteiger partial charge in [0, 0.05) is 25.0 Å². The zero-order valence-corrected chi connectivity index (χ0v) is 15.0. The van der Waals surface area contributed by atoms with Crippen molar-refractivity contribution >= 4 is 30.7 Å². The number of hydrogen-bond donors (Lipinski definition) is 2. The van der Waals surface area contributed by atoms with E-state index in [0.29, 0.717) is 12.6 Å². The van der Waals surface area contributed by atoms with Crippen LogP contribution in [0, 0.1) is 0 Å². The van der Waals surface area contributed by atoms with E-state index >= 15 is 0 Å². The average molecular weight is 352 g/mol. The summed E-state index contributed by atoms with van der Waals surface area (Å²) in [4.78, 5) is 14.8. The number of piperidine rings is 1. The van der Waals surface area contributed by atoms with Crippen molar-refractivity contribution in [2.45, 2.75) is 31.3 Å². The molecule has 2 N–H and O–H groups in total. The zero-order valence-electron chi connectivity index (χ0n) is 13.4. The van der Waals surface area contributed by atoms with Crippen molar-refractivity contribution in [3.8, 4) is 0 Å². The second kappa shape index (κ2) is 9.35. The minimum absolute atomic E-state index is 0. The van der Waals surface area contributed by atoms with Gasteiger partial charge in [-0.1, -0.05) is 0 Å². The quantitative estimate of drug-likeness (QED) is 0.826. The van der Waals surface area contributed by atoms with Crippen molar-refractivity contribution in [3.05, 3.63) is 18.5 Å². The zero-order chi connectivity index (χ0) is 14.6. The van der Waals surface area contributed by atoms with Crippen molar-refractivity contribution < 1.29 is 4.79 Å². The Morgan fingerprint density at radius 3 is 2.55 bits per heavy atom. The third-order valence-corrected chi connectivity index (χ3v) is 4.24. The van der Waals surface area contributed by atoms with E-state index in [1.165, 1.54) is 0 Å². The van der Waals surface area contributed by atoms with E-state index in [1.807, 2.05) is 31.0 Å². The second-order valence-electron chi connectivity index (χ2n) is 5.75. The third kappa shape index (κ3) is 4.59. The third-order valence-electron chi connectivity index (χ3n) is 4.24. The molecular weight excluding hydrogens is 325 g/mol. The molecular formula is C14H27Cl2N5O. The molecule has 128 valence electrons. The van der Waals surface area contributed by atoms with Crippen LogP contribution >= 0.6 is 24.8 Å². The number of hydrogen-bond acceptors (Lipinski definition) is 4. The smallest absolute Gasteiger partial charge is 0.248 e. The molecule has 1 amide bonds. The van der Waals surface area contributed by atoms with Gasteiger partial charge in [0.15, 0.2) is 0 Å². The Labute approximate surface area is 144 Å². The summed E-state index contributed by atoms with van der Waals surface area (Å²) in [6.07, 6.45) is 5.17. The molecule has 1 aliphatic rings.